The van der Waals surface area contributed by atoms with Crippen molar-refractivity contribution in [2.45, 2.75) is 146 Å². The standard InChI is InChI=1S/C56H77Br2ClFN9O14/c1-31(2)47(67-44(71)17-10-9-11-21-63-55(28-57,29-58)30-70)50(74)65-38(15-13-20-62-51(61)75)49(73)64-35-18-19-37(36(60)25-35)66-52(76)82-43-26-45(72)69(6)39-23-34(24-40(79-7)46(39)59)22-32(3)14-12-16-42(80-8)56(78)27-41(81-53(77)68-56)33(4)48-54(43,5)83-48/h12,14,16,18-19,23-25,30-31,33,38,41-43,47-48,63,78H,9-11,13,15,17,20-22,26-29H2,1-8H3,(H,64,73)(H,65,74)(H,66,76)(H,67,71)(H,68,77)(H3,61,62,75)/b16-12+,32-14+/t33-,38+,41+,42-,43+,47+,48+,54+,56+/m1/s1. The van der Waals surface area contributed by atoms with Gasteiger partial charge in [-0.3, -0.25) is 29.8 Å². The average Bonchev–Trinajstić information content (AvgIpc) is 2.29. The number of fused-ring (bicyclic) bond motifs is 5. The first-order valence-corrected chi connectivity index (χ1v) is 29.8. The van der Waals surface area contributed by atoms with Crippen LogP contribution in [0.1, 0.15) is 91.5 Å². The zero-order valence-corrected chi connectivity index (χ0v) is 51.7. The topological polar surface area (TPSA) is 320 Å². The van der Waals surface area contributed by atoms with Crippen molar-refractivity contribution >= 4 is 109 Å². The molecule has 5 rings (SSSR count). The van der Waals surface area contributed by atoms with Crippen molar-refractivity contribution in [1.29, 1.82) is 0 Å². The molecule has 0 spiro atoms. The number of epoxide rings is 1. The number of allylic oxidation sites excluding steroid dienone is 3. The number of nitrogens with two attached hydrogens (primary N) is 1. The number of nitrogens with one attached hydrogen (secondary N) is 7. The molecule has 458 valence electrons. The van der Waals surface area contributed by atoms with Gasteiger partial charge in [-0.2, -0.15) is 0 Å². The Balaban J connectivity index is 1.32. The number of ether oxygens (including phenoxy) is 5. The van der Waals surface area contributed by atoms with E-state index < -0.39 is 113 Å². The number of hydrogen-bond donors (Lipinski definition) is 9. The van der Waals surface area contributed by atoms with Crippen molar-refractivity contribution < 1.29 is 71.5 Å². The maximum atomic E-state index is 16.0. The van der Waals surface area contributed by atoms with E-state index in [1.807, 2.05) is 13.0 Å². The van der Waals surface area contributed by atoms with Crippen molar-refractivity contribution in [2.24, 2.45) is 17.6 Å². The fraction of sp³-hybridized carbons (Fsp3) is 0.571. The number of alkyl halides is 2. The minimum absolute atomic E-state index is 0.0160. The molecule has 10 N–H and O–H groups in total. The van der Waals surface area contributed by atoms with Gasteiger partial charge in [0.25, 0.3) is 0 Å². The Morgan fingerprint density at radius 2 is 1.76 bits per heavy atom. The van der Waals surface area contributed by atoms with Crippen molar-refractivity contribution in [3.63, 3.8) is 0 Å². The van der Waals surface area contributed by atoms with E-state index in [1.165, 1.54) is 32.2 Å². The molecule has 2 aromatic carbocycles. The van der Waals surface area contributed by atoms with Gasteiger partial charge in [0, 0.05) is 55.8 Å². The highest BCUT2D eigenvalue weighted by atomic mass is 79.9. The maximum absolute atomic E-state index is 16.0. The summed E-state index contributed by atoms with van der Waals surface area (Å²) in [5.74, 6) is -4.20. The number of unbranched alkanes of at least 4 members (excludes halogenated alkanes) is 2. The van der Waals surface area contributed by atoms with E-state index in [2.05, 4.69) is 69.1 Å². The van der Waals surface area contributed by atoms with Gasteiger partial charge in [-0.1, -0.05) is 94.5 Å². The molecule has 2 aromatic rings. The maximum Gasteiger partial charge on any atom is 0.412 e. The first kappa shape index (κ1) is 67.9. The number of halogens is 4. The van der Waals surface area contributed by atoms with Crippen LogP contribution < -0.4 is 52.6 Å². The van der Waals surface area contributed by atoms with Gasteiger partial charge in [-0.25, -0.2) is 18.8 Å². The number of primary amides is 1. The second kappa shape index (κ2) is 30.8. The molecule has 27 heteroatoms. The summed E-state index contributed by atoms with van der Waals surface area (Å²) in [6, 6.07) is 3.72. The SMILES string of the molecule is COc1cc2cc(c1Cl)N(C)C(=O)C[C@H](OC(=O)Nc1ccc(NC(=O)[C@H](CCCNC(N)=O)NC(=O)[C@@H](NC(=O)CCCCCNC(C=O)(CBr)CBr)C(C)C)cc1F)[C@]1(C)O[C@H]1[C@H](C)[C@@H]1C[C@@](O)(NC(=O)O1)[C@H](OC)/C=C/C=C(\C)C2. The highest BCUT2D eigenvalue weighted by Crippen LogP contribution is 2.49. The molecule has 0 aliphatic carbocycles. The molecule has 0 aromatic heterocycles. The highest BCUT2D eigenvalue weighted by molar-refractivity contribution is 9.10. The van der Waals surface area contributed by atoms with Crippen molar-refractivity contribution in [1.82, 2.24) is 26.6 Å². The summed E-state index contributed by atoms with van der Waals surface area (Å²) in [7, 11) is 4.32. The second-order valence-electron chi connectivity index (χ2n) is 21.6. The van der Waals surface area contributed by atoms with Crippen LogP contribution in [0.15, 0.2) is 54.1 Å². The third-order valence-corrected chi connectivity index (χ3v) is 17.2. The number of rotatable bonds is 24. The average molecular weight is 1310 g/mol. The second-order valence-corrected chi connectivity index (χ2v) is 23.1. The van der Waals surface area contributed by atoms with Gasteiger partial charge in [0.1, 0.15) is 58.9 Å². The van der Waals surface area contributed by atoms with Crippen molar-refractivity contribution in [3.8, 4) is 5.75 Å². The van der Waals surface area contributed by atoms with Crippen molar-refractivity contribution in [3.05, 3.63) is 70.5 Å². The molecule has 3 aliphatic heterocycles. The van der Waals surface area contributed by atoms with Crippen LogP contribution in [0, 0.1) is 17.7 Å². The van der Waals surface area contributed by atoms with Crippen LogP contribution in [-0.4, -0.2) is 152 Å². The number of amides is 8. The van der Waals surface area contributed by atoms with E-state index in [9.17, 15) is 43.5 Å². The largest absolute Gasteiger partial charge is 0.495 e. The number of methoxy groups -OCH3 is 2. The monoisotopic (exact) mass is 1310 g/mol. The number of anilines is 3. The molecule has 3 heterocycles. The van der Waals surface area contributed by atoms with Crippen LogP contribution in [0.5, 0.6) is 5.75 Å². The van der Waals surface area contributed by atoms with Gasteiger partial charge in [0.2, 0.25) is 23.6 Å². The Labute approximate surface area is 504 Å². The Morgan fingerprint density at radius 3 is 2.40 bits per heavy atom. The first-order chi connectivity index (χ1) is 39.3. The predicted molar refractivity (Wildman–Crippen MR) is 316 cm³/mol. The number of alkyl carbamates (subject to hydrolysis) is 1. The predicted octanol–water partition coefficient (Wildman–Crippen LogP) is 6.40. The number of aliphatic hydroxyl groups is 1. The van der Waals surface area contributed by atoms with Crippen LogP contribution in [0.2, 0.25) is 5.02 Å². The number of hydrogen-bond acceptors (Lipinski definition) is 15. The van der Waals surface area contributed by atoms with Crippen LogP contribution in [0.4, 0.5) is 35.8 Å². The number of carbonyl (C=O) groups is 8. The Hall–Kier alpha value is -5.90. The van der Waals surface area contributed by atoms with Gasteiger partial charge < -0.3 is 70.8 Å². The minimum Gasteiger partial charge on any atom is -0.495 e. The van der Waals surface area contributed by atoms with Crippen LogP contribution in [0.3, 0.4) is 0 Å². The van der Waals surface area contributed by atoms with E-state index in [-0.39, 0.29) is 66.0 Å². The molecule has 0 radical (unpaired) electrons. The Kier molecular flexibility index (Phi) is 25.2. The summed E-state index contributed by atoms with van der Waals surface area (Å²) >= 11 is 13.5. The van der Waals surface area contributed by atoms with E-state index in [0.717, 1.165) is 29.6 Å². The van der Waals surface area contributed by atoms with Crippen molar-refractivity contribution in [2.75, 3.05) is 60.6 Å². The van der Waals surface area contributed by atoms with Crippen LogP contribution in [0.25, 0.3) is 0 Å². The molecule has 0 unspecified atom stereocenters. The quantitative estimate of drug-likeness (QED) is 0.0238. The number of urea groups is 1. The molecular weight excluding hydrogens is 1240 g/mol. The molecule has 8 amide bonds. The molecule has 9 atom stereocenters. The van der Waals surface area contributed by atoms with Gasteiger partial charge in [0.05, 0.1) is 36.5 Å². The lowest BCUT2D eigenvalue weighted by Gasteiger charge is -2.42. The summed E-state index contributed by atoms with van der Waals surface area (Å²) in [4.78, 5) is 106. The fourth-order valence-corrected chi connectivity index (χ4v) is 11.7. The summed E-state index contributed by atoms with van der Waals surface area (Å²) in [6.45, 7) is 9.25. The lowest BCUT2D eigenvalue weighted by atomic mass is 9.83. The molecule has 83 heavy (non-hydrogen) atoms. The molecular formula is C56H77Br2ClFN9O14. The summed E-state index contributed by atoms with van der Waals surface area (Å²) < 4.78 is 45.2. The fourth-order valence-electron chi connectivity index (χ4n) is 9.79. The zero-order chi connectivity index (χ0) is 61.4. The van der Waals surface area contributed by atoms with Crippen LogP contribution in [-0.2, 0) is 49.3 Å². The van der Waals surface area contributed by atoms with E-state index in [4.69, 9.17) is 41.0 Å². The minimum atomic E-state index is -1.93. The Bertz CT molecular complexity index is 2740. The highest BCUT2D eigenvalue weighted by Gasteiger charge is 2.64. The number of aldehydes is 1. The summed E-state index contributed by atoms with van der Waals surface area (Å²) in [5.41, 5.74) is 2.55. The lowest BCUT2D eigenvalue weighted by Crippen LogP contribution is -2.63. The molecule has 23 nitrogen and oxygen atoms in total. The first-order valence-electron chi connectivity index (χ1n) is 27.2. The number of nitrogens with zero attached hydrogens (tertiary/aromatic N) is 1. The molecule has 4 bridgehead atoms. The molecule has 2 fully saturated rings. The number of carbonyl (C=O) groups excluding carboxylic acids is 8. The van der Waals surface area contributed by atoms with E-state index in [1.54, 1.807) is 52.0 Å². The molecule has 3 aliphatic rings. The van der Waals surface area contributed by atoms with Gasteiger partial charge >= 0.3 is 18.2 Å². The van der Waals surface area contributed by atoms with Gasteiger partial charge in [0.15, 0.2) is 5.72 Å². The smallest absolute Gasteiger partial charge is 0.412 e. The summed E-state index contributed by atoms with van der Waals surface area (Å²) in [5, 5.41) is 31.4. The van der Waals surface area contributed by atoms with E-state index >= 15 is 4.39 Å². The van der Waals surface area contributed by atoms with E-state index in [0.29, 0.717) is 42.9 Å². The van der Waals surface area contributed by atoms with Gasteiger partial charge in [-0.05, 0) is 94.3 Å². The summed E-state index contributed by atoms with van der Waals surface area (Å²) in [6.07, 6.45) is 1.52. The third-order valence-electron chi connectivity index (χ3n) is 14.8. The third kappa shape index (κ3) is 18.5. The molecule has 0 saturated carbocycles. The number of benzene rings is 2. The van der Waals surface area contributed by atoms with Gasteiger partial charge in [-0.15, -0.1) is 0 Å². The normalized spacial score (nSPS) is 24.5. The zero-order valence-electron chi connectivity index (χ0n) is 47.8. The van der Waals surface area contributed by atoms with Crippen LogP contribution >= 0.6 is 43.5 Å². The lowest BCUT2D eigenvalue weighted by molar-refractivity contribution is -0.142. The molecule has 2 saturated heterocycles. The Morgan fingerprint density at radius 1 is 1.04 bits per heavy atom.